The van der Waals surface area contributed by atoms with Gasteiger partial charge in [0.05, 0.1) is 5.41 Å². The Morgan fingerprint density at radius 3 is 2.06 bits per heavy atom. The molecule has 1 unspecified atom stereocenters. The van der Waals surface area contributed by atoms with E-state index in [4.69, 9.17) is 0 Å². The van der Waals surface area contributed by atoms with Gasteiger partial charge in [-0.05, 0) is 28.9 Å². The van der Waals surface area contributed by atoms with Gasteiger partial charge in [-0.3, -0.25) is 4.79 Å². The summed E-state index contributed by atoms with van der Waals surface area (Å²) >= 11 is 0. The Labute approximate surface area is 109 Å². The van der Waals surface area contributed by atoms with E-state index in [0.717, 1.165) is 0 Å². The van der Waals surface area contributed by atoms with E-state index in [2.05, 4.69) is 0 Å². The molecular formula is C15H24O3. The predicted octanol–water partition coefficient (Wildman–Crippen LogP) is 3.92. The Balaban J connectivity index is 3.44. The molecule has 0 aliphatic heterocycles. The highest BCUT2D eigenvalue weighted by Gasteiger charge is 2.49. The number of hydrogen-bond donors (Lipinski definition) is 2. The normalized spacial score (nSPS) is 25.4. The Hall–Kier alpha value is -1.25. The van der Waals surface area contributed by atoms with Crippen LogP contribution in [0.4, 0.5) is 0 Å². The molecule has 0 aromatic heterocycles. The van der Waals surface area contributed by atoms with Gasteiger partial charge >= 0.3 is 5.97 Å². The van der Waals surface area contributed by atoms with E-state index < -0.39 is 16.8 Å². The first-order chi connectivity index (χ1) is 7.92. The van der Waals surface area contributed by atoms with Gasteiger partial charge in [0.15, 0.2) is 0 Å². The lowest BCUT2D eigenvalue weighted by Gasteiger charge is -2.42. The molecule has 1 rings (SSSR count). The fourth-order valence-corrected chi connectivity index (χ4v) is 2.34. The van der Waals surface area contributed by atoms with Crippen molar-refractivity contribution >= 4 is 5.97 Å². The van der Waals surface area contributed by atoms with Crippen molar-refractivity contribution < 1.29 is 15.0 Å². The standard InChI is InChI=1S/C15H24O3/c1-13(2,3)10-9-15(12(17)18,14(4,5)6)8-7-11(10)16/h7,9,16H,8H2,1-6H3,(H,17,18). The maximum atomic E-state index is 11.7. The molecule has 3 heteroatoms. The minimum atomic E-state index is -0.957. The van der Waals surface area contributed by atoms with Crippen LogP contribution < -0.4 is 0 Å². The van der Waals surface area contributed by atoms with Crippen LogP contribution >= 0.6 is 0 Å². The third-order valence-corrected chi connectivity index (χ3v) is 3.81. The van der Waals surface area contributed by atoms with Gasteiger partial charge in [0, 0.05) is 0 Å². The van der Waals surface area contributed by atoms with Gasteiger partial charge in [-0.15, -0.1) is 0 Å². The van der Waals surface area contributed by atoms with Crippen LogP contribution in [-0.4, -0.2) is 16.2 Å². The van der Waals surface area contributed by atoms with Crippen LogP contribution in [0.5, 0.6) is 0 Å². The number of rotatable bonds is 1. The van der Waals surface area contributed by atoms with Crippen LogP contribution in [0.2, 0.25) is 0 Å². The predicted molar refractivity (Wildman–Crippen MR) is 72.4 cm³/mol. The molecule has 2 N–H and O–H groups in total. The summed E-state index contributed by atoms with van der Waals surface area (Å²) in [6, 6.07) is 0. The molecule has 0 radical (unpaired) electrons. The number of carboxylic acid groups (broad SMARTS) is 1. The topological polar surface area (TPSA) is 57.5 Å². The van der Waals surface area contributed by atoms with Crippen molar-refractivity contribution in [3.63, 3.8) is 0 Å². The zero-order valence-electron chi connectivity index (χ0n) is 12.2. The second-order valence-corrected chi connectivity index (χ2v) is 7.13. The average Bonchev–Trinajstić information content (AvgIpc) is 2.14. The van der Waals surface area contributed by atoms with E-state index in [9.17, 15) is 15.0 Å². The van der Waals surface area contributed by atoms with Crippen LogP contribution in [0, 0.1) is 16.2 Å². The monoisotopic (exact) mass is 252 g/mol. The van der Waals surface area contributed by atoms with Gasteiger partial charge in [-0.2, -0.15) is 0 Å². The molecule has 0 aromatic carbocycles. The SMILES string of the molecule is CC(C)(C)C1=CC(C(=O)O)(C(C)(C)C)CC=C1O. The highest BCUT2D eigenvalue weighted by Crippen LogP contribution is 2.49. The minimum Gasteiger partial charge on any atom is -0.508 e. The molecular weight excluding hydrogens is 228 g/mol. The number of allylic oxidation sites excluding steroid dienone is 2. The Morgan fingerprint density at radius 1 is 1.22 bits per heavy atom. The summed E-state index contributed by atoms with van der Waals surface area (Å²) in [5, 5.41) is 19.6. The quantitative estimate of drug-likeness (QED) is 0.743. The summed E-state index contributed by atoms with van der Waals surface area (Å²) in [4.78, 5) is 11.7. The van der Waals surface area contributed by atoms with Crippen LogP contribution in [0.3, 0.4) is 0 Å². The molecule has 0 amide bonds. The first-order valence-electron chi connectivity index (χ1n) is 6.28. The molecule has 0 saturated heterocycles. The van der Waals surface area contributed by atoms with E-state index in [1.54, 1.807) is 12.2 Å². The molecule has 0 fully saturated rings. The lowest BCUT2D eigenvalue weighted by atomic mass is 9.60. The van der Waals surface area contributed by atoms with Gasteiger partial charge < -0.3 is 10.2 Å². The summed E-state index contributed by atoms with van der Waals surface area (Å²) in [6.07, 6.45) is 3.72. The molecule has 0 saturated carbocycles. The maximum absolute atomic E-state index is 11.7. The fraction of sp³-hybridized carbons (Fsp3) is 0.667. The van der Waals surface area contributed by atoms with Crippen molar-refractivity contribution in [1.29, 1.82) is 0 Å². The summed E-state index contributed by atoms with van der Waals surface area (Å²) < 4.78 is 0. The third-order valence-electron chi connectivity index (χ3n) is 3.81. The molecule has 1 aliphatic carbocycles. The Morgan fingerprint density at radius 2 is 1.72 bits per heavy atom. The van der Waals surface area contributed by atoms with Gasteiger partial charge in [-0.1, -0.05) is 47.6 Å². The van der Waals surface area contributed by atoms with Crippen molar-refractivity contribution in [3.8, 4) is 0 Å². The summed E-state index contributed by atoms with van der Waals surface area (Å²) in [7, 11) is 0. The number of aliphatic hydroxyl groups excluding tert-OH is 1. The second-order valence-electron chi connectivity index (χ2n) is 7.13. The molecule has 3 nitrogen and oxygen atoms in total. The Bertz CT molecular complexity index is 416. The van der Waals surface area contributed by atoms with Gasteiger partial charge in [0.25, 0.3) is 0 Å². The average molecular weight is 252 g/mol. The highest BCUT2D eigenvalue weighted by molar-refractivity contribution is 5.79. The lowest BCUT2D eigenvalue weighted by Crippen LogP contribution is -2.43. The van der Waals surface area contributed by atoms with Crippen LogP contribution in [-0.2, 0) is 4.79 Å². The molecule has 0 spiro atoms. The Kier molecular flexibility index (Phi) is 3.41. The molecule has 0 aromatic rings. The van der Waals surface area contributed by atoms with Crippen molar-refractivity contribution in [2.75, 3.05) is 0 Å². The number of aliphatic hydroxyl groups is 1. The van der Waals surface area contributed by atoms with E-state index in [0.29, 0.717) is 12.0 Å². The smallest absolute Gasteiger partial charge is 0.314 e. The molecule has 18 heavy (non-hydrogen) atoms. The number of hydrogen-bond acceptors (Lipinski definition) is 2. The zero-order valence-corrected chi connectivity index (χ0v) is 12.2. The zero-order chi connectivity index (χ0) is 14.4. The van der Waals surface area contributed by atoms with Crippen molar-refractivity contribution in [2.45, 2.75) is 48.0 Å². The largest absolute Gasteiger partial charge is 0.508 e. The van der Waals surface area contributed by atoms with E-state index in [1.165, 1.54) is 0 Å². The van der Waals surface area contributed by atoms with Gasteiger partial charge in [0.1, 0.15) is 5.76 Å². The van der Waals surface area contributed by atoms with Crippen molar-refractivity contribution in [1.82, 2.24) is 0 Å². The van der Waals surface area contributed by atoms with E-state index in [-0.39, 0.29) is 11.2 Å². The highest BCUT2D eigenvalue weighted by atomic mass is 16.4. The minimum absolute atomic E-state index is 0.212. The molecule has 0 bridgehead atoms. The summed E-state index contributed by atoms with van der Waals surface area (Å²) in [5.74, 6) is -0.621. The van der Waals surface area contributed by atoms with Gasteiger partial charge in [-0.25, -0.2) is 0 Å². The summed E-state index contributed by atoms with van der Waals surface area (Å²) in [6.45, 7) is 11.7. The number of carbonyl (C=O) groups is 1. The second kappa shape index (κ2) is 4.15. The van der Waals surface area contributed by atoms with E-state index >= 15 is 0 Å². The molecule has 1 aliphatic rings. The number of aliphatic carboxylic acids is 1. The van der Waals surface area contributed by atoms with Crippen LogP contribution in [0.15, 0.2) is 23.5 Å². The summed E-state index contributed by atoms with van der Waals surface area (Å²) in [5.41, 5.74) is -0.924. The number of carboxylic acids is 1. The van der Waals surface area contributed by atoms with Crippen molar-refractivity contribution in [2.24, 2.45) is 16.2 Å². The first kappa shape index (κ1) is 14.8. The van der Waals surface area contributed by atoms with Crippen molar-refractivity contribution in [3.05, 3.63) is 23.5 Å². The maximum Gasteiger partial charge on any atom is 0.314 e. The molecule has 0 heterocycles. The van der Waals surface area contributed by atoms with E-state index in [1.807, 2.05) is 41.5 Å². The fourth-order valence-electron chi connectivity index (χ4n) is 2.34. The first-order valence-corrected chi connectivity index (χ1v) is 6.28. The molecule has 102 valence electrons. The van der Waals surface area contributed by atoms with Crippen LogP contribution in [0.25, 0.3) is 0 Å². The van der Waals surface area contributed by atoms with Gasteiger partial charge in [0.2, 0.25) is 0 Å². The molecule has 1 atom stereocenters. The lowest BCUT2D eigenvalue weighted by molar-refractivity contribution is -0.151. The van der Waals surface area contributed by atoms with Crippen LogP contribution in [0.1, 0.15) is 48.0 Å². The third kappa shape index (κ3) is 2.31.